The number of fused-ring (bicyclic) bond motifs is 1. The SMILES string of the molecule is CCc1cccc(N2C(=O)C(N)c3ccc(OC)cc32)c1.Cl. The number of methoxy groups -OCH3 is 1. The van der Waals surface area contributed by atoms with Crippen molar-refractivity contribution in [2.45, 2.75) is 19.4 Å². The van der Waals surface area contributed by atoms with Crippen LogP contribution in [0.2, 0.25) is 0 Å². The molecule has 2 aromatic rings. The molecule has 3 rings (SSSR count). The summed E-state index contributed by atoms with van der Waals surface area (Å²) in [6.45, 7) is 2.09. The molecule has 0 fully saturated rings. The highest BCUT2D eigenvalue weighted by molar-refractivity contribution is 6.10. The first-order valence-electron chi connectivity index (χ1n) is 7.02. The van der Waals surface area contributed by atoms with Gasteiger partial charge in [0.2, 0.25) is 0 Å². The molecule has 1 atom stereocenters. The molecule has 22 heavy (non-hydrogen) atoms. The third kappa shape index (κ3) is 2.56. The van der Waals surface area contributed by atoms with Gasteiger partial charge in [-0.3, -0.25) is 9.69 Å². The van der Waals surface area contributed by atoms with Gasteiger partial charge in [-0.1, -0.05) is 25.1 Å². The minimum absolute atomic E-state index is 0. The maximum Gasteiger partial charge on any atom is 0.253 e. The van der Waals surface area contributed by atoms with Gasteiger partial charge in [0.25, 0.3) is 5.91 Å². The largest absolute Gasteiger partial charge is 0.497 e. The van der Waals surface area contributed by atoms with Crippen molar-refractivity contribution in [1.82, 2.24) is 0 Å². The van der Waals surface area contributed by atoms with E-state index >= 15 is 0 Å². The number of nitrogens with zero attached hydrogens (tertiary/aromatic N) is 1. The van der Waals surface area contributed by atoms with Crippen LogP contribution in [0.5, 0.6) is 5.75 Å². The summed E-state index contributed by atoms with van der Waals surface area (Å²) in [7, 11) is 1.61. The predicted molar refractivity (Wildman–Crippen MR) is 90.1 cm³/mol. The number of hydrogen-bond acceptors (Lipinski definition) is 3. The minimum atomic E-state index is -0.615. The van der Waals surface area contributed by atoms with Crippen molar-refractivity contribution >= 4 is 29.7 Å². The summed E-state index contributed by atoms with van der Waals surface area (Å²) >= 11 is 0. The number of halogens is 1. The molecule has 116 valence electrons. The first kappa shape index (κ1) is 16.3. The Balaban J connectivity index is 0.00000176. The van der Waals surface area contributed by atoms with Crippen LogP contribution in [0.1, 0.15) is 24.1 Å². The van der Waals surface area contributed by atoms with E-state index in [-0.39, 0.29) is 18.3 Å². The van der Waals surface area contributed by atoms with Crippen molar-refractivity contribution in [3.05, 3.63) is 53.6 Å². The Labute approximate surface area is 136 Å². The van der Waals surface area contributed by atoms with Crippen molar-refractivity contribution in [2.75, 3.05) is 12.0 Å². The van der Waals surface area contributed by atoms with E-state index in [1.54, 1.807) is 12.0 Å². The van der Waals surface area contributed by atoms with Crippen LogP contribution >= 0.6 is 12.4 Å². The van der Waals surface area contributed by atoms with Crippen molar-refractivity contribution in [3.63, 3.8) is 0 Å². The van der Waals surface area contributed by atoms with Crippen LogP contribution in [0, 0.1) is 0 Å². The van der Waals surface area contributed by atoms with Crippen LogP contribution < -0.4 is 15.4 Å². The molecule has 0 aromatic heterocycles. The van der Waals surface area contributed by atoms with Crippen LogP contribution in [0.3, 0.4) is 0 Å². The highest BCUT2D eigenvalue weighted by atomic mass is 35.5. The van der Waals surface area contributed by atoms with Crippen molar-refractivity contribution in [3.8, 4) is 5.75 Å². The van der Waals surface area contributed by atoms with Gasteiger partial charge in [0.1, 0.15) is 11.8 Å². The lowest BCUT2D eigenvalue weighted by Crippen LogP contribution is -2.27. The molecule has 1 unspecified atom stereocenters. The van der Waals surface area contributed by atoms with Crippen LogP contribution in [0.15, 0.2) is 42.5 Å². The number of carbonyl (C=O) groups is 1. The Morgan fingerprint density at radius 1 is 1.23 bits per heavy atom. The molecule has 0 saturated heterocycles. The second-order valence-corrected chi connectivity index (χ2v) is 5.10. The first-order chi connectivity index (χ1) is 10.2. The second kappa shape index (κ2) is 6.38. The summed E-state index contributed by atoms with van der Waals surface area (Å²) in [5.74, 6) is 0.610. The fourth-order valence-electron chi connectivity index (χ4n) is 2.68. The number of aryl methyl sites for hydroxylation is 1. The van der Waals surface area contributed by atoms with Gasteiger partial charge >= 0.3 is 0 Å². The van der Waals surface area contributed by atoms with Crippen LogP contribution in [0.25, 0.3) is 0 Å². The number of hydrogen-bond donors (Lipinski definition) is 1. The van der Waals surface area contributed by atoms with Crippen LogP contribution in [-0.2, 0) is 11.2 Å². The number of ether oxygens (including phenoxy) is 1. The maximum atomic E-state index is 12.5. The fourth-order valence-corrected chi connectivity index (χ4v) is 2.68. The zero-order chi connectivity index (χ0) is 15.0. The summed E-state index contributed by atoms with van der Waals surface area (Å²) in [5.41, 5.74) is 9.72. The van der Waals surface area contributed by atoms with E-state index < -0.39 is 6.04 Å². The summed E-state index contributed by atoms with van der Waals surface area (Å²) in [6.07, 6.45) is 0.924. The van der Waals surface area contributed by atoms with Gasteiger partial charge in [-0.25, -0.2) is 0 Å². The highest BCUT2D eigenvalue weighted by Gasteiger charge is 2.36. The maximum absolute atomic E-state index is 12.5. The molecule has 0 saturated carbocycles. The number of amides is 1. The number of anilines is 2. The van der Waals surface area contributed by atoms with Gasteiger partial charge in [-0.2, -0.15) is 0 Å². The number of nitrogens with two attached hydrogens (primary N) is 1. The molecule has 2 N–H and O–H groups in total. The van der Waals surface area contributed by atoms with Crippen molar-refractivity contribution < 1.29 is 9.53 Å². The molecular weight excluding hydrogens is 300 g/mol. The molecule has 1 aliphatic heterocycles. The van der Waals surface area contributed by atoms with Gasteiger partial charge < -0.3 is 10.5 Å². The lowest BCUT2D eigenvalue weighted by atomic mass is 10.1. The van der Waals surface area contributed by atoms with E-state index in [4.69, 9.17) is 10.5 Å². The smallest absolute Gasteiger partial charge is 0.253 e. The number of benzene rings is 2. The quantitative estimate of drug-likeness (QED) is 0.944. The molecule has 2 aromatic carbocycles. The molecule has 4 nitrogen and oxygen atoms in total. The average Bonchev–Trinajstić information content (AvgIpc) is 2.78. The molecule has 5 heteroatoms. The third-order valence-electron chi connectivity index (χ3n) is 3.88. The van der Waals surface area contributed by atoms with E-state index in [9.17, 15) is 4.79 Å². The minimum Gasteiger partial charge on any atom is -0.497 e. The van der Waals surface area contributed by atoms with E-state index in [1.165, 1.54) is 5.56 Å². The van der Waals surface area contributed by atoms with E-state index in [0.717, 1.165) is 23.4 Å². The van der Waals surface area contributed by atoms with Gasteiger partial charge in [0.05, 0.1) is 12.8 Å². The normalized spacial score (nSPS) is 16.2. The standard InChI is InChI=1S/C17H18N2O2.ClH/c1-3-11-5-4-6-12(9-11)19-15-10-13(21-2)7-8-14(15)16(18)17(19)20;/h4-10,16H,3,18H2,1-2H3;1H. The van der Waals surface area contributed by atoms with E-state index in [0.29, 0.717) is 5.75 Å². The number of rotatable bonds is 3. The average molecular weight is 319 g/mol. The molecular formula is C17H19ClN2O2. The summed E-state index contributed by atoms with van der Waals surface area (Å²) in [4.78, 5) is 14.2. The lowest BCUT2D eigenvalue weighted by Gasteiger charge is -2.19. The van der Waals surface area contributed by atoms with Gasteiger partial charge in [0, 0.05) is 17.3 Å². The monoisotopic (exact) mass is 318 g/mol. The predicted octanol–water partition coefficient (Wildman–Crippen LogP) is 3.36. The van der Waals surface area contributed by atoms with Gasteiger partial charge in [-0.15, -0.1) is 12.4 Å². The summed E-state index contributed by atoms with van der Waals surface area (Å²) in [6, 6.07) is 12.9. The summed E-state index contributed by atoms with van der Waals surface area (Å²) in [5, 5.41) is 0. The zero-order valence-corrected chi connectivity index (χ0v) is 13.4. The topological polar surface area (TPSA) is 55.6 Å². The van der Waals surface area contributed by atoms with Crippen molar-refractivity contribution in [2.24, 2.45) is 5.73 Å². The number of carbonyl (C=O) groups excluding carboxylic acids is 1. The molecule has 0 radical (unpaired) electrons. The zero-order valence-electron chi connectivity index (χ0n) is 12.6. The van der Waals surface area contributed by atoms with E-state index in [1.807, 2.05) is 36.4 Å². The molecule has 1 aliphatic rings. The Kier molecular flexibility index (Phi) is 4.74. The van der Waals surface area contributed by atoms with Gasteiger partial charge in [0.15, 0.2) is 0 Å². The Morgan fingerprint density at radius 3 is 2.68 bits per heavy atom. The van der Waals surface area contributed by atoms with Crippen LogP contribution in [-0.4, -0.2) is 13.0 Å². The Bertz CT molecular complexity index is 703. The lowest BCUT2D eigenvalue weighted by molar-refractivity contribution is -0.118. The van der Waals surface area contributed by atoms with Crippen LogP contribution in [0.4, 0.5) is 11.4 Å². The molecule has 0 spiro atoms. The fraction of sp³-hybridized carbons (Fsp3) is 0.235. The summed E-state index contributed by atoms with van der Waals surface area (Å²) < 4.78 is 5.26. The molecule has 1 amide bonds. The molecule has 0 bridgehead atoms. The Morgan fingerprint density at radius 2 is 2.00 bits per heavy atom. The second-order valence-electron chi connectivity index (χ2n) is 5.10. The Hall–Kier alpha value is -2.04. The molecule has 0 aliphatic carbocycles. The highest BCUT2D eigenvalue weighted by Crippen LogP contribution is 2.41. The molecule has 1 heterocycles. The van der Waals surface area contributed by atoms with Crippen molar-refractivity contribution in [1.29, 1.82) is 0 Å². The first-order valence-corrected chi connectivity index (χ1v) is 7.02. The van der Waals surface area contributed by atoms with Gasteiger partial charge in [-0.05, 0) is 30.2 Å². The third-order valence-corrected chi connectivity index (χ3v) is 3.88. The van der Waals surface area contributed by atoms with E-state index in [2.05, 4.69) is 13.0 Å².